The number of benzene rings is 2. The number of carboxylic acid groups (broad SMARTS) is 1. The molecule has 8 heteroatoms. The van der Waals surface area contributed by atoms with E-state index >= 15 is 0 Å². The van der Waals surface area contributed by atoms with Crippen LogP contribution >= 0.6 is 11.6 Å². The lowest BCUT2D eigenvalue weighted by Crippen LogP contribution is -2.39. The van der Waals surface area contributed by atoms with Crippen LogP contribution in [0.15, 0.2) is 42.5 Å². The molecule has 0 aliphatic carbocycles. The average Bonchev–Trinajstić information content (AvgIpc) is 2.65. The van der Waals surface area contributed by atoms with Crippen LogP contribution in [0, 0.1) is 6.92 Å². The monoisotopic (exact) mass is 386 g/mol. The first-order chi connectivity index (χ1) is 12.8. The summed E-state index contributed by atoms with van der Waals surface area (Å²) in [5.41, 5.74) is 5.39. The van der Waals surface area contributed by atoms with Crippen LogP contribution in [0.25, 0.3) is 10.8 Å². The first-order valence-corrected chi connectivity index (χ1v) is 8.25. The van der Waals surface area contributed by atoms with Gasteiger partial charge < -0.3 is 20.7 Å². The van der Waals surface area contributed by atoms with Gasteiger partial charge in [-0.15, -0.1) is 0 Å². The Labute approximate surface area is 159 Å². The number of nitrogens with zero attached hydrogens (tertiary/aromatic N) is 1. The van der Waals surface area contributed by atoms with Crippen LogP contribution in [-0.4, -0.2) is 33.0 Å². The second-order valence-electron chi connectivity index (χ2n) is 5.84. The van der Waals surface area contributed by atoms with Gasteiger partial charge in [0.1, 0.15) is 11.5 Å². The Morgan fingerprint density at radius 2 is 1.74 bits per heavy atom. The predicted octanol–water partition coefficient (Wildman–Crippen LogP) is 3.29. The molecule has 0 aliphatic heterocycles. The summed E-state index contributed by atoms with van der Waals surface area (Å²) in [7, 11) is 0. The molecule has 0 saturated heterocycles. The summed E-state index contributed by atoms with van der Waals surface area (Å²) in [5, 5.41) is 20.8. The van der Waals surface area contributed by atoms with Crippen LogP contribution in [-0.2, 0) is 4.79 Å². The smallest absolute Gasteiger partial charge is 0.328 e. The summed E-state index contributed by atoms with van der Waals surface area (Å²) in [5.74, 6) is -1.81. The van der Waals surface area contributed by atoms with Crippen molar-refractivity contribution in [2.75, 3.05) is 0 Å². The standard InChI is InChI=1S/C19H15ClN2O5/c1-9-14-8-12(27-11-4-2-10(20)3-5-11)6-7-13(14)17(23)16(22-9)18(24)15(21)19(25)26/h2-8,15,23H,21H2,1H3,(H,25,26). The summed E-state index contributed by atoms with van der Waals surface area (Å²) in [4.78, 5) is 27.2. The molecule has 0 spiro atoms. The molecule has 0 aliphatic rings. The second kappa shape index (κ2) is 7.22. The Balaban J connectivity index is 2.02. The molecule has 0 saturated carbocycles. The third-order valence-corrected chi connectivity index (χ3v) is 4.22. The number of aryl methyl sites for hydroxylation is 1. The maximum Gasteiger partial charge on any atom is 0.328 e. The Morgan fingerprint density at radius 1 is 1.11 bits per heavy atom. The fraction of sp³-hybridized carbons (Fsp3) is 0.105. The first-order valence-electron chi connectivity index (χ1n) is 7.87. The highest BCUT2D eigenvalue weighted by atomic mass is 35.5. The van der Waals surface area contributed by atoms with E-state index in [0.29, 0.717) is 33.0 Å². The lowest BCUT2D eigenvalue weighted by molar-refractivity contribution is -0.137. The van der Waals surface area contributed by atoms with Gasteiger partial charge in [0, 0.05) is 21.5 Å². The van der Waals surface area contributed by atoms with Crippen molar-refractivity contribution in [3.63, 3.8) is 0 Å². The zero-order valence-corrected chi connectivity index (χ0v) is 14.9. The van der Waals surface area contributed by atoms with Crippen molar-refractivity contribution in [1.82, 2.24) is 4.98 Å². The molecule has 1 unspecified atom stereocenters. The fourth-order valence-electron chi connectivity index (χ4n) is 2.57. The van der Waals surface area contributed by atoms with Crippen LogP contribution in [0.3, 0.4) is 0 Å². The number of rotatable bonds is 5. The zero-order chi connectivity index (χ0) is 19.7. The van der Waals surface area contributed by atoms with Crippen LogP contribution in [0.4, 0.5) is 0 Å². The van der Waals surface area contributed by atoms with Crippen molar-refractivity contribution in [2.45, 2.75) is 13.0 Å². The Morgan fingerprint density at radius 3 is 2.37 bits per heavy atom. The third-order valence-electron chi connectivity index (χ3n) is 3.97. The number of ketones is 1. The number of aliphatic carboxylic acids is 1. The van der Waals surface area contributed by atoms with E-state index < -0.39 is 23.5 Å². The lowest BCUT2D eigenvalue weighted by atomic mass is 10.0. The van der Waals surface area contributed by atoms with Crippen molar-refractivity contribution in [3.8, 4) is 17.2 Å². The number of aromatic hydroxyl groups is 1. The first kappa shape index (κ1) is 18.6. The highest BCUT2D eigenvalue weighted by Gasteiger charge is 2.28. The summed E-state index contributed by atoms with van der Waals surface area (Å²) in [6, 6.07) is 9.86. The number of Topliss-reactive ketones (excluding diaryl/α,β-unsaturated/α-hetero) is 1. The van der Waals surface area contributed by atoms with Gasteiger partial charge >= 0.3 is 5.97 Å². The molecule has 27 heavy (non-hydrogen) atoms. The van der Waals surface area contributed by atoms with Gasteiger partial charge in [-0.25, -0.2) is 4.98 Å². The van der Waals surface area contributed by atoms with Gasteiger partial charge in [0.15, 0.2) is 17.5 Å². The van der Waals surface area contributed by atoms with Crippen molar-refractivity contribution in [3.05, 3.63) is 58.9 Å². The normalized spacial score (nSPS) is 12.0. The van der Waals surface area contributed by atoms with Gasteiger partial charge in [0.25, 0.3) is 0 Å². The van der Waals surface area contributed by atoms with Crippen molar-refractivity contribution in [1.29, 1.82) is 0 Å². The largest absolute Gasteiger partial charge is 0.505 e. The van der Waals surface area contributed by atoms with E-state index in [1.54, 1.807) is 49.4 Å². The molecule has 4 N–H and O–H groups in total. The maximum absolute atomic E-state index is 12.2. The number of carbonyl (C=O) groups excluding carboxylic acids is 1. The van der Waals surface area contributed by atoms with Crippen LogP contribution in [0.5, 0.6) is 17.2 Å². The van der Waals surface area contributed by atoms with Gasteiger partial charge in [-0.05, 0) is 49.4 Å². The van der Waals surface area contributed by atoms with E-state index in [-0.39, 0.29) is 5.69 Å². The molecule has 1 heterocycles. The lowest BCUT2D eigenvalue weighted by Gasteiger charge is -2.13. The van der Waals surface area contributed by atoms with Crippen LogP contribution in [0.1, 0.15) is 16.2 Å². The van der Waals surface area contributed by atoms with E-state index in [0.717, 1.165) is 0 Å². The van der Waals surface area contributed by atoms with Gasteiger partial charge in [-0.3, -0.25) is 9.59 Å². The topological polar surface area (TPSA) is 123 Å². The summed E-state index contributed by atoms with van der Waals surface area (Å²) in [6.07, 6.45) is 0. The van der Waals surface area contributed by atoms with Gasteiger partial charge in [0.2, 0.25) is 5.78 Å². The Bertz CT molecular complexity index is 1050. The Kier molecular flexibility index (Phi) is 4.98. The summed E-state index contributed by atoms with van der Waals surface area (Å²) >= 11 is 5.85. The number of hydrogen-bond donors (Lipinski definition) is 3. The quantitative estimate of drug-likeness (QED) is 0.454. The van der Waals surface area contributed by atoms with E-state index in [9.17, 15) is 14.7 Å². The summed E-state index contributed by atoms with van der Waals surface area (Å²) in [6.45, 7) is 1.64. The molecule has 0 fully saturated rings. The molecule has 138 valence electrons. The van der Waals surface area contributed by atoms with Gasteiger partial charge in [-0.2, -0.15) is 0 Å². The van der Waals surface area contributed by atoms with Crippen molar-refractivity contribution >= 4 is 34.1 Å². The minimum absolute atomic E-state index is 0.340. The molecular weight excluding hydrogens is 372 g/mol. The van der Waals surface area contributed by atoms with E-state index in [2.05, 4.69) is 4.98 Å². The number of carbonyl (C=O) groups is 2. The number of ether oxygens (including phenoxy) is 1. The zero-order valence-electron chi connectivity index (χ0n) is 14.1. The molecule has 0 radical (unpaired) electrons. The van der Waals surface area contributed by atoms with Crippen LogP contribution in [0.2, 0.25) is 5.02 Å². The third kappa shape index (κ3) is 3.69. The van der Waals surface area contributed by atoms with Crippen LogP contribution < -0.4 is 10.5 Å². The Hall–Kier alpha value is -3.16. The molecule has 3 aromatic rings. The number of fused-ring (bicyclic) bond motifs is 1. The fourth-order valence-corrected chi connectivity index (χ4v) is 2.70. The van der Waals surface area contributed by atoms with E-state index in [4.69, 9.17) is 27.2 Å². The molecule has 1 atom stereocenters. The number of halogens is 1. The van der Waals surface area contributed by atoms with Gasteiger partial charge in [0.05, 0.1) is 0 Å². The average molecular weight is 387 g/mol. The second-order valence-corrected chi connectivity index (χ2v) is 6.27. The van der Waals surface area contributed by atoms with Crippen molar-refractivity contribution < 1.29 is 24.5 Å². The molecular formula is C19H15ClN2O5. The minimum Gasteiger partial charge on any atom is -0.505 e. The van der Waals surface area contributed by atoms with E-state index in [1.165, 1.54) is 0 Å². The summed E-state index contributed by atoms with van der Waals surface area (Å²) < 4.78 is 5.75. The number of aromatic nitrogens is 1. The number of carboxylic acids is 1. The van der Waals surface area contributed by atoms with Crippen molar-refractivity contribution in [2.24, 2.45) is 5.73 Å². The highest BCUT2D eigenvalue weighted by molar-refractivity contribution is 6.30. The minimum atomic E-state index is -1.80. The number of nitrogens with two attached hydrogens (primary N) is 1. The maximum atomic E-state index is 12.2. The number of hydrogen-bond acceptors (Lipinski definition) is 6. The highest BCUT2D eigenvalue weighted by Crippen LogP contribution is 2.34. The molecule has 7 nitrogen and oxygen atoms in total. The molecule has 0 bridgehead atoms. The molecule has 3 rings (SSSR count). The van der Waals surface area contributed by atoms with E-state index in [1.807, 2.05) is 0 Å². The van der Waals surface area contributed by atoms with Gasteiger partial charge in [-0.1, -0.05) is 11.6 Å². The molecule has 1 aromatic heterocycles. The number of pyridine rings is 1. The SMILES string of the molecule is Cc1nc(C(=O)C(N)C(=O)O)c(O)c2ccc(Oc3ccc(Cl)cc3)cc12. The molecule has 0 amide bonds. The molecule has 2 aromatic carbocycles. The predicted molar refractivity (Wildman–Crippen MR) is 99.6 cm³/mol.